The van der Waals surface area contributed by atoms with Crippen molar-refractivity contribution in [1.82, 2.24) is 0 Å². The molecular formula is C15H26N2O. The quantitative estimate of drug-likeness (QED) is 0.771. The zero-order chi connectivity index (χ0) is 13.4. The van der Waals surface area contributed by atoms with Crippen LogP contribution in [0.5, 0.6) is 5.75 Å². The Labute approximate surface area is 111 Å². The summed E-state index contributed by atoms with van der Waals surface area (Å²) < 4.78 is 5.19. The van der Waals surface area contributed by atoms with E-state index in [1.54, 1.807) is 7.11 Å². The lowest BCUT2D eigenvalue weighted by molar-refractivity contribution is 0.414. The van der Waals surface area contributed by atoms with Crippen LogP contribution in [0.2, 0.25) is 0 Å². The molecule has 1 aromatic rings. The van der Waals surface area contributed by atoms with Crippen molar-refractivity contribution in [3.8, 4) is 5.75 Å². The molecule has 1 atom stereocenters. The number of nitrogens with zero attached hydrogens (tertiary/aromatic N) is 1. The van der Waals surface area contributed by atoms with E-state index in [4.69, 9.17) is 10.5 Å². The summed E-state index contributed by atoms with van der Waals surface area (Å²) in [4.78, 5) is 2.42. The zero-order valence-corrected chi connectivity index (χ0v) is 11.9. The summed E-state index contributed by atoms with van der Waals surface area (Å²) in [6.07, 6.45) is 2.23. The van der Waals surface area contributed by atoms with Gasteiger partial charge in [0.15, 0.2) is 0 Å². The van der Waals surface area contributed by atoms with Gasteiger partial charge in [0.1, 0.15) is 5.75 Å². The van der Waals surface area contributed by atoms with E-state index in [9.17, 15) is 0 Å². The predicted molar refractivity (Wildman–Crippen MR) is 78.3 cm³/mol. The Kier molecular flexibility index (Phi) is 6.58. The van der Waals surface area contributed by atoms with E-state index < -0.39 is 0 Å². The fraction of sp³-hybridized carbons (Fsp3) is 0.600. The first-order chi connectivity index (χ1) is 8.71. The number of methoxy groups -OCH3 is 1. The normalized spacial score (nSPS) is 12.2. The largest absolute Gasteiger partial charge is 0.497 e. The second kappa shape index (κ2) is 7.98. The second-order valence-corrected chi connectivity index (χ2v) is 4.80. The maximum atomic E-state index is 5.62. The Bertz CT molecular complexity index is 324. The molecule has 0 fully saturated rings. The van der Waals surface area contributed by atoms with Crippen molar-refractivity contribution >= 4 is 5.69 Å². The minimum atomic E-state index is 0.699. The molecular weight excluding hydrogens is 224 g/mol. The number of benzene rings is 1. The van der Waals surface area contributed by atoms with Gasteiger partial charge < -0.3 is 15.4 Å². The molecule has 0 saturated heterocycles. The van der Waals surface area contributed by atoms with E-state index in [0.717, 1.165) is 31.8 Å². The van der Waals surface area contributed by atoms with Gasteiger partial charge in [-0.3, -0.25) is 0 Å². The van der Waals surface area contributed by atoms with Crippen LogP contribution in [-0.4, -0.2) is 26.7 Å². The number of ether oxygens (including phenoxy) is 1. The Morgan fingerprint density at radius 1 is 1.28 bits per heavy atom. The minimum absolute atomic E-state index is 0.699. The lowest BCUT2D eigenvalue weighted by Crippen LogP contribution is -2.30. The van der Waals surface area contributed by atoms with Crippen LogP contribution in [0.25, 0.3) is 0 Å². The first kappa shape index (κ1) is 14.8. The van der Waals surface area contributed by atoms with Crippen molar-refractivity contribution in [2.75, 3.05) is 31.6 Å². The van der Waals surface area contributed by atoms with Crippen LogP contribution in [0.4, 0.5) is 5.69 Å². The maximum Gasteiger partial charge on any atom is 0.119 e. The molecule has 1 unspecified atom stereocenters. The molecule has 0 bridgehead atoms. The van der Waals surface area contributed by atoms with Crippen LogP contribution in [-0.2, 0) is 0 Å². The lowest BCUT2D eigenvalue weighted by atomic mass is 10.1. The number of hydrogen-bond donors (Lipinski definition) is 1. The van der Waals surface area contributed by atoms with E-state index in [-0.39, 0.29) is 0 Å². The molecule has 0 heterocycles. The van der Waals surface area contributed by atoms with Crippen molar-refractivity contribution in [1.29, 1.82) is 0 Å². The highest BCUT2D eigenvalue weighted by molar-refractivity contribution is 5.49. The van der Waals surface area contributed by atoms with Crippen molar-refractivity contribution in [3.63, 3.8) is 0 Å². The Hall–Kier alpha value is -1.22. The topological polar surface area (TPSA) is 38.5 Å². The monoisotopic (exact) mass is 250 g/mol. The summed E-state index contributed by atoms with van der Waals surface area (Å²) >= 11 is 0. The second-order valence-electron chi connectivity index (χ2n) is 4.80. The summed E-state index contributed by atoms with van der Waals surface area (Å²) in [5, 5.41) is 0. The molecule has 1 aromatic carbocycles. The van der Waals surface area contributed by atoms with Crippen molar-refractivity contribution < 1.29 is 4.74 Å². The summed E-state index contributed by atoms with van der Waals surface area (Å²) in [5.74, 6) is 1.60. The SMILES string of the molecule is CCC(C)CN(CCCN)c1ccc(OC)cc1. The van der Waals surface area contributed by atoms with Gasteiger partial charge in [-0.1, -0.05) is 20.3 Å². The van der Waals surface area contributed by atoms with E-state index in [0.29, 0.717) is 5.92 Å². The Balaban J connectivity index is 2.72. The van der Waals surface area contributed by atoms with Gasteiger partial charge in [0, 0.05) is 18.8 Å². The molecule has 0 aliphatic heterocycles. The highest BCUT2D eigenvalue weighted by Gasteiger charge is 2.09. The summed E-state index contributed by atoms with van der Waals surface area (Å²) in [6, 6.07) is 8.28. The van der Waals surface area contributed by atoms with Gasteiger partial charge in [-0.05, 0) is 43.1 Å². The van der Waals surface area contributed by atoms with Crippen molar-refractivity contribution in [2.24, 2.45) is 11.7 Å². The van der Waals surface area contributed by atoms with Crippen LogP contribution < -0.4 is 15.4 Å². The first-order valence-corrected chi connectivity index (χ1v) is 6.80. The molecule has 18 heavy (non-hydrogen) atoms. The average Bonchev–Trinajstić information content (AvgIpc) is 2.43. The summed E-state index contributed by atoms with van der Waals surface area (Å²) in [5.41, 5.74) is 6.87. The lowest BCUT2D eigenvalue weighted by Gasteiger charge is -2.27. The van der Waals surface area contributed by atoms with Crippen LogP contribution in [0.3, 0.4) is 0 Å². The van der Waals surface area contributed by atoms with E-state index in [1.807, 2.05) is 12.1 Å². The molecule has 0 saturated carbocycles. The third kappa shape index (κ3) is 4.57. The smallest absolute Gasteiger partial charge is 0.119 e. The molecule has 0 spiro atoms. The molecule has 102 valence electrons. The van der Waals surface area contributed by atoms with Crippen molar-refractivity contribution in [3.05, 3.63) is 24.3 Å². The maximum absolute atomic E-state index is 5.62. The zero-order valence-electron chi connectivity index (χ0n) is 11.9. The molecule has 0 aliphatic carbocycles. The summed E-state index contributed by atoms with van der Waals surface area (Å²) in [7, 11) is 1.69. The minimum Gasteiger partial charge on any atom is -0.497 e. The van der Waals surface area contributed by atoms with E-state index in [1.165, 1.54) is 12.1 Å². The van der Waals surface area contributed by atoms with Gasteiger partial charge in [0.25, 0.3) is 0 Å². The van der Waals surface area contributed by atoms with E-state index >= 15 is 0 Å². The molecule has 3 nitrogen and oxygen atoms in total. The van der Waals surface area contributed by atoms with Gasteiger partial charge in [0.05, 0.1) is 7.11 Å². The summed E-state index contributed by atoms with van der Waals surface area (Å²) in [6.45, 7) is 7.38. The van der Waals surface area contributed by atoms with Gasteiger partial charge in [-0.15, -0.1) is 0 Å². The molecule has 0 amide bonds. The van der Waals surface area contributed by atoms with Gasteiger partial charge in [-0.25, -0.2) is 0 Å². The molecule has 2 N–H and O–H groups in total. The standard InChI is InChI=1S/C15H26N2O/c1-4-13(2)12-17(11-5-10-16)14-6-8-15(18-3)9-7-14/h6-9,13H,4-5,10-12,16H2,1-3H3. The Morgan fingerprint density at radius 3 is 2.44 bits per heavy atom. The average molecular weight is 250 g/mol. The van der Waals surface area contributed by atoms with Crippen molar-refractivity contribution in [2.45, 2.75) is 26.7 Å². The highest BCUT2D eigenvalue weighted by Crippen LogP contribution is 2.21. The first-order valence-electron chi connectivity index (χ1n) is 6.80. The molecule has 0 radical (unpaired) electrons. The number of anilines is 1. The van der Waals surface area contributed by atoms with Crippen LogP contribution >= 0.6 is 0 Å². The van der Waals surface area contributed by atoms with E-state index in [2.05, 4.69) is 30.9 Å². The Morgan fingerprint density at radius 2 is 1.94 bits per heavy atom. The van der Waals surface area contributed by atoms with Crippen LogP contribution in [0.1, 0.15) is 26.7 Å². The molecule has 0 aromatic heterocycles. The van der Waals surface area contributed by atoms with Crippen LogP contribution in [0, 0.1) is 5.92 Å². The molecule has 3 heteroatoms. The molecule has 0 aliphatic rings. The number of hydrogen-bond acceptors (Lipinski definition) is 3. The highest BCUT2D eigenvalue weighted by atomic mass is 16.5. The fourth-order valence-electron chi connectivity index (χ4n) is 1.91. The predicted octanol–water partition coefficient (Wildman–Crippen LogP) is 2.90. The van der Waals surface area contributed by atoms with Gasteiger partial charge >= 0.3 is 0 Å². The number of rotatable bonds is 8. The van der Waals surface area contributed by atoms with Gasteiger partial charge in [-0.2, -0.15) is 0 Å². The third-order valence-electron chi connectivity index (χ3n) is 3.30. The third-order valence-corrected chi connectivity index (χ3v) is 3.30. The van der Waals surface area contributed by atoms with Crippen LogP contribution in [0.15, 0.2) is 24.3 Å². The fourth-order valence-corrected chi connectivity index (χ4v) is 1.91. The number of nitrogens with two attached hydrogens (primary N) is 1. The molecule has 1 rings (SSSR count). The van der Waals surface area contributed by atoms with Gasteiger partial charge in [0.2, 0.25) is 0 Å².